The van der Waals surface area contributed by atoms with Gasteiger partial charge in [0.25, 0.3) is 0 Å². The van der Waals surface area contributed by atoms with E-state index in [1.807, 2.05) is 7.05 Å². The van der Waals surface area contributed by atoms with Crippen LogP contribution in [0.3, 0.4) is 0 Å². The number of rotatable bonds is 4. The second-order valence-corrected chi connectivity index (χ2v) is 4.78. The predicted octanol–water partition coefficient (Wildman–Crippen LogP) is 2.87. The van der Waals surface area contributed by atoms with E-state index in [0.29, 0.717) is 0 Å². The van der Waals surface area contributed by atoms with Crippen molar-refractivity contribution in [3.63, 3.8) is 0 Å². The first kappa shape index (κ1) is 11.9. The largest absolute Gasteiger partial charge is 0.345 e. The van der Waals surface area contributed by atoms with E-state index in [1.54, 1.807) is 6.33 Å². The highest BCUT2D eigenvalue weighted by atomic mass is 14.9. The van der Waals surface area contributed by atoms with Crippen molar-refractivity contribution in [2.45, 2.75) is 13.0 Å². The van der Waals surface area contributed by atoms with Gasteiger partial charge < -0.3 is 10.3 Å². The van der Waals surface area contributed by atoms with Gasteiger partial charge in [-0.2, -0.15) is 0 Å². The Morgan fingerprint density at radius 3 is 2.79 bits per heavy atom. The maximum atomic E-state index is 4.24. The standard InChI is InChI=1S/C16H17N3/c1-17-10-14-4-2-3-12(8-14)7-13-5-6-15-16(9-13)19-11-18-15/h2-6,8-9,11,17H,7,10H2,1H3,(H,18,19). The summed E-state index contributed by atoms with van der Waals surface area (Å²) in [6.45, 7) is 0.910. The molecular weight excluding hydrogens is 234 g/mol. The van der Waals surface area contributed by atoms with Gasteiger partial charge in [0.2, 0.25) is 0 Å². The molecule has 0 amide bonds. The summed E-state index contributed by atoms with van der Waals surface area (Å²) < 4.78 is 0. The van der Waals surface area contributed by atoms with Crippen molar-refractivity contribution in [3.05, 3.63) is 65.5 Å². The van der Waals surface area contributed by atoms with Crippen molar-refractivity contribution >= 4 is 11.0 Å². The smallest absolute Gasteiger partial charge is 0.0931 e. The van der Waals surface area contributed by atoms with Crippen LogP contribution in [-0.2, 0) is 13.0 Å². The van der Waals surface area contributed by atoms with E-state index < -0.39 is 0 Å². The fourth-order valence-corrected chi connectivity index (χ4v) is 2.38. The highest BCUT2D eigenvalue weighted by Gasteiger charge is 2.01. The van der Waals surface area contributed by atoms with Crippen molar-refractivity contribution in [2.24, 2.45) is 0 Å². The average molecular weight is 251 g/mol. The van der Waals surface area contributed by atoms with Gasteiger partial charge >= 0.3 is 0 Å². The maximum absolute atomic E-state index is 4.24. The lowest BCUT2D eigenvalue weighted by Crippen LogP contribution is -2.05. The zero-order valence-corrected chi connectivity index (χ0v) is 11.0. The van der Waals surface area contributed by atoms with Crippen molar-refractivity contribution in [2.75, 3.05) is 7.05 Å². The Morgan fingerprint density at radius 2 is 1.89 bits per heavy atom. The van der Waals surface area contributed by atoms with Crippen molar-refractivity contribution in [3.8, 4) is 0 Å². The Labute approximate surface area is 112 Å². The summed E-state index contributed by atoms with van der Waals surface area (Å²) in [5.41, 5.74) is 6.09. The van der Waals surface area contributed by atoms with Gasteiger partial charge in [0.05, 0.1) is 17.4 Å². The first-order valence-corrected chi connectivity index (χ1v) is 6.49. The van der Waals surface area contributed by atoms with Crippen LogP contribution in [0.15, 0.2) is 48.8 Å². The lowest BCUT2D eigenvalue weighted by Gasteiger charge is -2.05. The first-order valence-electron chi connectivity index (χ1n) is 6.49. The highest BCUT2D eigenvalue weighted by molar-refractivity contribution is 5.75. The van der Waals surface area contributed by atoms with Gasteiger partial charge in [0.15, 0.2) is 0 Å². The van der Waals surface area contributed by atoms with Gasteiger partial charge in [-0.25, -0.2) is 4.98 Å². The van der Waals surface area contributed by atoms with Crippen molar-refractivity contribution in [1.82, 2.24) is 15.3 Å². The molecule has 0 atom stereocenters. The first-order chi connectivity index (χ1) is 9.35. The zero-order chi connectivity index (χ0) is 13.1. The highest BCUT2D eigenvalue weighted by Crippen LogP contribution is 2.16. The van der Waals surface area contributed by atoms with Gasteiger partial charge in [-0.05, 0) is 42.3 Å². The molecule has 0 saturated carbocycles. The van der Waals surface area contributed by atoms with Gasteiger partial charge in [-0.3, -0.25) is 0 Å². The fourth-order valence-electron chi connectivity index (χ4n) is 2.38. The quantitative estimate of drug-likeness (QED) is 0.748. The van der Waals surface area contributed by atoms with Crippen LogP contribution in [0.5, 0.6) is 0 Å². The molecule has 0 aliphatic heterocycles. The molecular formula is C16H17N3. The van der Waals surface area contributed by atoms with E-state index in [0.717, 1.165) is 24.0 Å². The van der Waals surface area contributed by atoms with E-state index in [9.17, 15) is 0 Å². The molecule has 0 spiro atoms. The van der Waals surface area contributed by atoms with Crippen LogP contribution in [-0.4, -0.2) is 17.0 Å². The molecule has 0 bridgehead atoms. The molecule has 0 aliphatic rings. The molecule has 1 heterocycles. The summed E-state index contributed by atoms with van der Waals surface area (Å²) in [6, 6.07) is 15.1. The number of nitrogens with one attached hydrogen (secondary N) is 2. The number of imidazole rings is 1. The molecule has 3 nitrogen and oxygen atoms in total. The minimum Gasteiger partial charge on any atom is -0.345 e. The number of H-pyrrole nitrogens is 1. The number of fused-ring (bicyclic) bond motifs is 1. The third kappa shape index (κ3) is 2.66. The Kier molecular flexibility index (Phi) is 3.29. The second kappa shape index (κ2) is 5.24. The summed E-state index contributed by atoms with van der Waals surface area (Å²) >= 11 is 0. The van der Waals surface area contributed by atoms with Crippen LogP contribution < -0.4 is 5.32 Å². The molecule has 0 fully saturated rings. The molecule has 1 aromatic heterocycles. The van der Waals surface area contributed by atoms with E-state index in [2.05, 4.69) is 57.7 Å². The van der Waals surface area contributed by atoms with Crippen LogP contribution in [0.25, 0.3) is 11.0 Å². The van der Waals surface area contributed by atoms with Crippen LogP contribution in [0, 0.1) is 0 Å². The number of aromatic nitrogens is 2. The second-order valence-electron chi connectivity index (χ2n) is 4.78. The summed E-state index contributed by atoms with van der Waals surface area (Å²) in [4.78, 5) is 7.40. The number of benzene rings is 2. The molecule has 19 heavy (non-hydrogen) atoms. The minimum absolute atomic E-state index is 0.910. The molecule has 96 valence electrons. The molecule has 3 rings (SSSR count). The molecule has 3 aromatic rings. The SMILES string of the molecule is CNCc1cccc(Cc2ccc3nc[nH]c3c2)c1. The van der Waals surface area contributed by atoms with E-state index in [4.69, 9.17) is 0 Å². The third-order valence-electron chi connectivity index (χ3n) is 3.27. The average Bonchev–Trinajstić information content (AvgIpc) is 2.87. The van der Waals surface area contributed by atoms with Gasteiger partial charge in [-0.15, -0.1) is 0 Å². The molecule has 0 aliphatic carbocycles. The lowest BCUT2D eigenvalue weighted by atomic mass is 10.0. The summed E-state index contributed by atoms with van der Waals surface area (Å²) in [5.74, 6) is 0. The number of hydrogen-bond acceptors (Lipinski definition) is 2. The van der Waals surface area contributed by atoms with Crippen LogP contribution in [0.4, 0.5) is 0 Å². The molecule has 0 unspecified atom stereocenters. The molecule has 0 radical (unpaired) electrons. The van der Waals surface area contributed by atoms with Crippen molar-refractivity contribution < 1.29 is 0 Å². The molecule has 2 aromatic carbocycles. The normalized spacial score (nSPS) is 11.0. The topological polar surface area (TPSA) is 40.7 Å². The van der Waals surface area contributed by atoms with Gasteiger partial charge in [-0.1, -0.05) is 30.3 Å². The van der Waals surface area contributed by atoms with Gasteiger partial charge in [0.1, 0.15) is 0 Å². The Hall–Kier alpha value is -2.13. The predicted molar refractivity (Wildman–Crippen MR) is 78.1 cm³/mol. The summed E-state index contributed by atoms with van der Waals surface area (Å²) in [5, 5.41) is 3.18. The summed E-state index contributed by atoms with van der Waals surface area (Å²) in [7, 11) is 1.97. The fraction of sp³-hybridized carbons (Fsp3) is 0.188. The zero-order valence-electron chi connectivity index (χ0n) is 11.0. The Balaban J connectivity index is 1.85. The number of nitrogens with zero attached hydrogens (tertiary/aromatic N) is 1. The Morgan fingerprint density at radius 1 is 1.05 bits per heavy atom. The monoisotopic (exact) mass is 251 g/mol. The molecule has 0 saturated heterocycles. The molecule has 2 N–H and O–H groups in total. The van der Waals surface area contributed by atoms with Crippen LogP contribution >= 0.6 is 0 Å². The number of hydrogen-bond donors (Lipinski definition) is 2. The third-order valence-corrected chi connectivity index (χ3v) is 3.27. The lowest BCUT2D eigenvalue weighted by molar-refractivity contribution is 0.816. The maximum Gasteiger partial charge on any atom is 0.0931 e. The van der Waals surface area contributed by atoms with E-state index in [-0.39, 0.29) is 0 Å². The number of aromatic amines is 1. The minimum atomic E-state index is 0.910. The summed E-state index contributed by atoms with van der Waals surface area (Å²) in [6.07, 6.45) is 2.69. The van der Waals surface area contributed by atoms with E-state index >= 15 is 0 Å². The van der Waals surface area contributed by atoms with Crippen LogP contribution in [0.1, 0.15) is 16.7 Å². The Bertz CT molecular complexity index is 685. The van der Waals surface area contributed by atoms with Gasteiger partial charge in [0, 0.05) is 6.54 Å². The van der Waals surface area contributed by atoms with Crippen LogP contribution in [0.2, 0.25) is 0 Å². The van der Waals surface area contributed by atoms with E-state index in [1.165, 1.54) is 16.7 Å². The van der Waals surface area contributed by atoms with Crippen molar-refractivity contribution in [1.29, 1.82) is 0 Å². The molecule has 3 heteroatoms.